The molecule has 0 radical (unpaired) electrons. The Balaban J connectivity index is 2.16. The highest BCUT2D eigenvalue weighted by atomic mass is 35.5. The summed E-state index contributed by atoms with van der Waals surface area (Å²) in [6, 6.07) is 8.30. The van der Waals surface area contributed by atoms with E-state index in [0.717, 1.165) is 22.6 Å². The van der Waals surface area contributed by atoms with Gasteiger partial charge in [0.05, 0.1) is 28.5 Å². The van der Waals surface area contributed by atoms with Gasteiger partial charge in [0.2, 0.25) is 0 Å². The van der Waals surface area contributed by atoms with Gasteiger partial charge >= 0.3 is 0 Å². The molecule has 1 aromatic heterocycles. The minimum atomic E-state index is 0.414. The average Bonchev–Trinajstić information content (AvgIpc) is 2.85. The molecule has 19 heavy (non-hydrogen) atoms. The van der Waals surface area contributed by atoms with Crippen molar-refractivity contribution in [3.8, 4) is 6.07 Å². The zero-order valence-electron chi connectivity index (χ0n) is 10.5. The first-order valence-corrected chi connectivity index (χ1v) is 8.07. The molecule has 3 rings (SSSR count). The summed E-state index contributed by atoms with van der Waals surface area (Å²) >= 11 is 8.02. The molecule has 1 aliphatic heterocycles. The number of hydrogen-bond acceptors (Lipinski definition) is 3. The van der Waals surface area contributed by atoms with Crippen LogP contribution in [0.25, 0.3) is 11.0 Å². The third-order valence-corrected chi connectivity index (χ3v) is 4.95. The van der Waals surface area contributed by atoms with Gasteiger partial charge in [-0.05, 0) is 36.8 Å². The van der Waals surface area contributed by atoms with Gasteiger partial charge in [0.15, 0.2) is 0 Å². The summed E-state index contributed by atoms with van der Waals surface area (Å²) in [6.07, 6.45) is 2.40. The van der Waals surface area contributed by atoms with Crippen LogP contribution in [0.4, 0.5) is 0 Å². The first-order valence-electron chi connectivity index (χ1n) is 6.38. The third kappa shape index (κ3) is 2.33. The average molecular weight is 292 g/mol. The fourth-order valence-corrected chi connectivity index (χ4v) is 3.96. The summed E-state index contributed by atoms with van der Waals surface area (Å²) in [5, 5.41) is 9.05. The number of benzene rings is 1. The first-order chi connectivity index (χ1) is 9.33. The van der Waals surface area contributed by atoms with Crippen LogP contribution in [0.5, 0.6) is 0 Å². The van der Waals surface area contributed by atoms with Gasteiger partial charge in [-0.25, -0.2) is 4.98 Å². The van der Waals surface area contributed by atoms with E-state index in [1.165, 1.54) is 18.6 Å². The Bertz CT molecular complexity index is 638. The molecule has 3 nitrogen and oxygen atoms in total. The van der Waals surface area contributed by atoms with Gasteiger partial charge in [0.1, 0.15) is 5.82 Å². The molecule has 0 saturated carbocycles. The number of hydrogen-bond donors (Lipinski definition) is 0. The molecule has 1 atom stereocenters. The predicted molar refractivity (Wildman–Crippen MR) is 79.6 cm³/mol. The number of aromatic nitrogens is 2. The second-order valence-corrected chi connectivity index (χ2v) is 6.14. The van der Waals surface area contributed by atoms with Crippen LogP contribution in [0, 0.1) is 11.3 Å². The Labute approximate surface area is 121 Å². The van der Waals surface area contributed by atoms with Crippen molar-refractivity contribution in [2.75, 3.05) is 11.5 Å². The fraction of sp³-hybridized carbons (Fsp3) is 0.429. The molecule has 2 aromatic rings. The molecule has 1 aliphatic rings. The smallest absolute Gasteiger partial charge is 0.125 e. The molecule has 1 aromatic carbocycles. The minimum Gasteiger partial charge on any atom is -0.323 e. The fourth-order valence-electron chi connectivity index (χ4n) is 2.64. The summed E-state index contributed by atoms with van der Waals surface area (Å²) in [5.41, 5.74) is 2.66. The van der Waals surface area contributed by atoms with Crippen LogP contribution in [0.1, 0.15) is 30.3 Å². The van der Waals surface area contributed by atoms with Crippen molar-refractivity contribution < 1.29 is 0 Å². The van der Waals surface area contributed by atoms with E-state index in [2.05, 4.69) is 15.6 Å². The largest absolute Gasteiger partial charge is 0.323 e. The molecule has 2 heterocycles. The van der Waals surface area contributed by atoms with E-state index in [9.17, 15) is 0 Å². The molecular weight excluding hydrogens is 278 g/mol. The highest BCUT2D eigenvalue weighted by Crippen LogP contribution is 2.32. The lowest BCUT2D eigenvalue weighted by Gasteiger charge is -2.25. The van der Waals surface area contributed by atoms with Crippen LogP contribution in [-0.2, 0) is 5.88 Å². The Morgan fingerprint density at radius 3 is 3.11 bits per heavy atom. The second kappa shape index (κ2) is 5.44. The molecule has 5 heteroatoms. The highest BCUT2D eigenvalue weighted by molar-refractivity contribution is 7.99. The van der Waals surface area contributed by atoms with Crippen molar-refractivity contribution >= 4 is 34.4 Å². The van der Waals surface area contributed by atoms with Crippen LogP contribution in [0.15, 0.2) is 18.2 Å². The Morgan fingerprint density at radius 2 is 2.42 bits per heavy atom. The number of nitriles is 1. The molecule has 98 valence electrons. The topological polar surface area (TPSA) is 41.6 Å². The second-order valence-electron chi connectivity index (χ2n) is 4.72. The van der Waals surface area contributed by atoms with Crippen molar-refractivity contribution in [3.63, 3.8) is 0 Å². The van der Waals surface area contributed by atoms with Gasteiger partial charge in [-0.1, -0.05) is 0 Å². The molecule has 1 saturated heterocycles. The van der Waals surface area contributed by atoms with Crippen LogP contribution in [-0.4, -0.2) is 21.1 Å². The lowest BCUT2D eigenvalue weighted by molar-refractivity contribution is 0.499. The van der Waals surface area contributed by atoms with Crippen molar-refractivity contribution in [1.29, 1.82) is 5.26 Å². The van der Waals surface area contributed by atoms with E-state index in [-0.39, 0.29) is 0 Å². The van der Waals surface area contributed by atoms with Crippen molar-refractivity contribution in [3.05, 3.63) is 29.6 Å². The van der Waals surface area contributed by atoms with E-state index in [1.807, 2.05) is 30.0 Å². The standard InChI is InChI=1S/C14H14ClN3S/c15-7-14-17-12-4-3-10(8-16)6-13(12)18(14)11-2-1-5-19-9-11/h3-4,6,11H,1-2,5,7,9H2. The summed E-state index contributed by atoms with van der Waals surface area (Å²) in [4.78, 5) is 4.59. The van der Waals surface area contributed by atoms with Crippen molar-refractivity contribution in [2.24, 2.45) is 0 Å². The van der Waals surface area contributed by atoms with E-state index in [0.29, 0.717) is 17.5 Å². The summed E-state index contributed by atoms with van der Waals surface area (Å²) in [6.45, 7) is 0. The van der Waals surface area contributed by atoms with E-state index >= 15 is 0 Å². The zero-order chi connectivity index (χ0) is 13.2. The maximum absolute atomic E-state index is 9.05. The van der Waals surface area contributed by atoms with Gasteiger partial charge in [0.25, 0.3) is 0 Å². The van der Waals surface area contributed by atoms with E-state index in [4.69, 9.17) is 16.9 Å². The number of rotatable bonds is 2. The predicted octanol–water partition coefficient (Wildman–Crippen LogP) is 3.71. The van der Waals surface area contributed by atoms with E-state index < -0.39 is 0 Å². The molecule has 1 fully saturated rings. The quantitative estimate of drug-likeness (QED) is 0.792. The van der Waals surface area contributed by atoms with Gasteiger partial charge in [-0.15, -0.1) is 11.6 Å². The number of nitrogens with zero attached hydrogens (tertiary/aromatic N) is 3. The first kappa shape index (κ1) is 12.8. The van der Waals surface area contributed by atoms with Crippen LogP contribution >= 0.6 is 23.4 Å². The van der Waals surface area contributed by atoms with Crippen LogP contribution in [0.2, 0.25) is 0 Å². The van der Waals surface area contributed by atoms with Gasteiger partial charge < -0.3 is 4.57 Å². The van der Waals surface area contributed by atoms with E-state index in [1.54, 1.807) is 0 Å². The molecule has 0 amide bonds. The number of thioether (sulfide) groups is 1. The number of halogens is 1. The summed E-state index contributed by atoms with van der Waals surface area (Å²) in [7, 11) is 0. The number of alkyl halides is 1. The molecule has 0 aliphatic carbocycles. The Morgan fingerprint density at radius 1 is 1.53 bits per heavy atom. The SMILES string of the molecule is N#Cc1ccc2nc(CCl)n(C3CCCSC3)c2c1. The number of imidazole rings is 1. The Hall–Kier alpha value is -1.18. The maximum Gasteiger partial charge on any atom is 0.125 e. The minimum absolute atomic E-state index is 0.414. The molecule has 0 bridgehead atoms. The Kier molecular flexibility index (Phi) is 3.67. The summed E-state index contributed by atoms with van der Waals surface area (Å²) < 4.78 is 2.25. The normalized spacial score (nSPS) is 19.5. The lowest BCUT2D eigenvalue weighted by Crippen LogP contribution is -2.18. The monoisotopic (exact) mass is 291 g/mol. The molecular formula is C14H14ClN3S. The lowest BCUT2D eigenvalue weighted by atomic mass is 10.1. The molecule has 1 unspecified atom stereocenters. The zero-order valence-corrected chi connectivity index (χ0v) is 12.0. The van der Waals surface area contributed by atoms with Gasteiger partial charge in [-0.2, -0.15) is 17.0 Å². The summed E-state index contributed by atoms with van der Waals surface area (Å²) in [5.74, 6) is 3.67. The van der Waals surface area contributed by atoms with Crippen molar-refractivity contribution in [1.82, 2.24) is 9.55 Å². The third-order valence-electron chi connectivity index (χ3n) is 3.51. The van der Waals surface area contributed by atoms with Gasteiger partial charge in [0, 0.05) is 11.8 Å². The van der Waals surface area contributed by atoms with Crippen LogP contribution in [0.3, 0.4) is 0 Å². The molecule has 0 N–H and O–H groups in total. The number of fused-ring (bicyclic) bond motifs is 1. The highest BCUT2D eigenvalue weighted by Gasteiger charge is 2.21. The molecule has 0 spiro atoms. The maximum atomic E-state index is 9.05. The van der Waals surface area contributed by atoms with Crippen LogP contribution < -0.4 is 0 Å². The van der Waals surface area contributed by atoms with Crippen molar-refractivity contribution in [2.45, 2.75) is 24.8 Å². The van der Waals surface area contributed by atoms with Gasteiger partial charge in [-0.3, -0.25) is 0 Å².